The molecule has 1 aromatic carbocycles. The molecule has 2 rings (SSSR count). The van der Waals surface area contributed by atoms with Gasteiger partial charge in [0.15, 0.2) is 9.84 Å². The van der Waals surface area contributed by atoms with Crippen molar-refractivity contribution in [1.29, 1.82) is 0 Å². The third kappa shape index (κ3) is 3.11. The molecule has 1 aliphatic heterocycles. The Bertz CT molecular complexity index is 854. The first-order valence-electron chi connectivity index (χ1n) is 6.39. The lowest BCUT2D eigenvalue weighted by atomic mass is 10.1. The highest BCUT2D eigenvalue weighted by molar-refractivity contribution is 9.10. The number of nitrogens with zero attached hydrogens (tertiary/aromatic N) is 2. The van der Waals surface area contributed by atoms with Gasteiger partial charge in [0.2, 0.25) is 10.7 Å². The summed E-state index contributed by atoms with van der Waals surface area (Å²) in [5, 5.41) is 4.18. The van der Waals surface area contributed by atoms with E-state index >= 15 is 0 Å². The van der Waals surface area contributed by atoms with Crippen molar-refractivity contribution in [3.05, 3.63) is 27.2 Å². The molecule has 25 heavy (non-hydrogen) atoms. The zero-order valence-electron chi connectivity index (χ0n) is 12.4. The molecule has 1 heterocycles. The Kier molecular flexibility index (Phi) is 4.87. The maximum Gasteiger partial charge on any atom is 0.416 e. The van der Waals surface area contributed by atoms with E-state index in [1.807, 2.05) is 0 Å². The first-order valence-corrected chi connectivity index (χ1v) is 9.45. The van der Waals surface area contributed by atoms with Crippen molar-refractivity contribution in [3.8, 4) is 0 Å². The fourth-order valence-electron chi connectivity index (χ4n) is 2.33. The molecule has 0 spiro atoms. The minimum absolute atomic E-state index is 0.134. The lowest BCUT2D eigenvalue weighted by molar-refractivity contribution is -0.137. The smallest absolute Gasteiger partial charge is 0.368 e. The molecule has 0 aromatic heterocycles. The average Bonchev–Trinajstić information content (AvgIpc) is 2.75. The van der Waals surface area contributed by atoms with Crippen LogP contribution in [0.15, 0.2) is 21.7 Å². The summed E-state index contributed by atoms with van der Waals surface area (Å²) in [6.07, 6.45) is -4.78. The van der Waals surface area contributed by atoms with E-state index in [0.29, 0.717) is 6.07 Å². The summed E-state index contributed by atoms with van der Waals surface area (Å²) in [7, 11) is -4.14. The summed E-state index contributed by atoms with van der Waals surface area (Å²) in [6, 6.07) is 1.36. The number of primary amides is 1. The number of hydrogen-bond donors (Lipinski definition) is 2. The number of alkyl halides is 3. The van der Waals surface area contributed by atoms with Crippen molar-refractivity contribution in [2.24, 2.45) is 16.6 Å². The Balaban J connectivity index is 2.60. The highest BCUT2D eigenvalue weighted by atomic mass is 79.9. The number of carbonyl (C=O) groups is 1. The van der Waals surface area contributed by atoms with E-state index < -0.39 is 43.4 Å². The average molecular weight is 464 g/mol. The lowest BCUT2D eigenvalue weighted by Crippen LogP contribution is -2.64. The van der Waals surface area contributed by atoms with Crippen LogP contribution in [0, 0.1) is 0 Å². The number of nitrogens with two attached hydrogens (primary N) is 2. The molecule has 2 atom stereocenters. The second-order valence-corrected chi connectivity index (χ2v) is 8.73. The Morgan fingerprint density at radius 2 is 2.00 bits per heavy atom. The van der Waals surface area contributed by atoms with Crippen LogP contribution in [0.3, 0.4) is 0 Å². The summed E-state index contributed by atoms with van der Waals surface area (Å²) in [6.45, 7) is 0. The molecule has 0 saturated heterocycles. The summed E-state index contributed by atoms with van der Waals surface area (Å²) in [5.41, 5.74) is 9.89. The van der Waals surface area contributed by atoms with Crippen LogP contribution < -0.4 is 16.5 Å². The van der Waals surface area contributed by atoms with Crippen LogP contribution in [0.2, 0.25) is 5.02 Å². The number of carbonyl (C=O) groups excluding carboxylic acids is 1. The topological polar surface area (TPSA) is 119 Å². The lowest BCUT2D eigenvalue weighted by Gasteiger charge is -2.31. The molecule has 2 unspecified atom stereocenters. The molecule has 0 saturated carbocycles. The standard InChI is InChI=1S/C12H11BrClF3N4O3S/c1-25(23,24)11(10(19)22)4-20-21(9(11)18)8-6(13)2-5(3-7(8)14)12(15,16)17/h2-4,9H,18H2,1H3,(H2,19,22). The predicted octanol–water partition coefficient (Wildman–Crippen LogP) is 1.48. The maximum atomic E-state index is 12.8. The number of hydrogen-bond acceptors (Lipinski definition) is 6. The van der Waals surface area contributed by atoms with Gasteiger partial charge in [-0.25, -0.2) is 13.4 Å². The zero-order valence-corrected chi connectivity index (χ0v) is 15.5. The van der Waals surface area contributed by atoms with Gasteiger partial charge in [-0.05, 0) is 28.1 Å². The molecule has 138 valence electrons. The van der Waals surface area contributed by atoms with Gasteiger partial charge in [0.25, 0.3) is 0 Å². The van der Waals surface area contributed by atoms with Crippen molar-refractivity contribution >= 4 is 55.2 Å². The fourth-order valence-corrected chi connectivity index (χ4v) is 4.53. The van der Waals surface area contributed by atoms with Crippen molar-refractivity contribution in [1.82, 2.24) is 0 Å². The molecular formula is C12H11BrClF3N4O3S. The molecular weight excluding hydrogens is 453 g/mol. The number of anilines is 1. The van der Waals surface area contributed by atoms with Crippen molar-refractivity contribution in [2.75, 3.05) is 11.3 Å². The van der Waals surface area contributed by atoms with Gasteiger partial charge in [0.05, 0.1) is 22.5 Å². The maximum absolute atomic E-state index is 12.8. The second-order valence-electron chi connectivity index (χ2n) is 5.25. The van der Waals surface area contributed by atoms with Crippen LogP contribution in [0.25, 0.3) is 0 Å². The third-order valence-corrected chi connectivity index (χ3v) is 6.32. The van der Waals surface area contributed by atoms with Crippen LogP contribution in [-0.4, -0.2) is 37.7 Å². The van der Waals surface area contributed by atoms with Crippen molar-refractivity contribution < 1.29 is 26.4 Å². The third-order valence-electron chi connectivity index (χ3n) is 3.65. The van der Waals surface area contributed by atoms with Crippen LogP contribution in [-0.2, 0) is 20.8 Å². The number of sulfone groups is 1. The molecule has 0 aliphatic carbocycles. The fraction of sp³-hybridized carbons (Fsp3) is 0.333. The van der Waals surface area contributed by atoms with E-state index in [1.54, 1.807) is 0 Å². The van der Waals surface area contributed by atoms with Gasteiger partial charge in [-0.2, -0.15) is 18.3 Å². The van der Waals surface area contributed by atoms with E-state index in [-0.39, 0.29) is 10.2 Å². The quantitative estimate of drug-likeness (QED) is 0.704. The summed E-state index contributed by atoms with van der Waals surface area (Å²) in [5.74, 6) is -1.27. The highest BCUT2D eigenvalue weighted by Gasteiger charge is 2.57. The van der Waals surface area contributed by atoms with Gasteiger partial charge in [0, 0.05) is 10.7 Å². The first kappa shape index (κ1) is 19.9. The first-order chi connectivity index (χ1) is 11.2. The number of hydrazone groups is 1. The van der Waals surface area contributed by atoms with Gasteiger partial charge < -0.3 is 11.5 Å². The van der Waals surface area contributed by atoms with Gasteiger partial charge in [-0.3, -0.25) is 4.79 Å². The molecule has 1 amide bonds. The molecule has 13 heteroatoms. The zero-order chi connectivity index (χ0) is 19.4. The van der Waals surface area contributed by atoms with E-state index in [1.165, 1.54) is 0 Å². The number of amides is 1. The van der Waals surface area contributed by atoms with Crippen LogP contribution >= 0.6 is 27.5 Å². The molecule has 0 radical (unpaired) electrons. The van der Waals surface area contributed by atoms with Gasteiger partial charge in [-0.1, -0.05) is 11.6 Å². The Labute approximate surface area is 153 Å². The van der Waals surface area contributed by atoms with Gasteiger partial charge >= 0.3 is 6.18 Å². The normalized spacial score (nSPS) is 24.0. The highest BCUT2D eigenvalue weighted by Crippen LogP contribution is 2.43. The van der Waals surface area contributed by atoms with Crippen LogP contribution in [0.4, 0.5) is 18.9 Å². The van der Waals surface area contributed by atoms with Crippen LogP contribution in [0.5, 0.6) is 0 Å². The number of benzene rings is 1. The van der Waals surface area contributed by atoms with Gasteiger partial charge in [-0.15, -0.1) is 0 Å². The summed E-state index contributed by atoms with van der Waals surface area (Å²) in [4.78, 5) is 11.8. The van der Waals surface area contributed by atoms with E-state index in [2.05, 4.69) is 21.0 Å². The number of rotatable bonds is 3. The Morgan fingerprint density at radius 1 is 1.44 bits per heavy atom. The molecule has 4 N–H and O–H groups in total. The monoisotopic (exact) mass is 462 g/mol. The SMILES string of the molecule is CS(=O)(=O)C1(C(N)=O)C=NN(c2c(Cl)cc(C(F)(F)F)cc2Br)C1N. The van der Waals surface area contributed by atoms with E-state index in [9.17, 15) is 26.4 Å². The van der Waals surface area contributed by atoms with Gasteiger partial charge in [0.1, 0.15) is 6.17 Å². The molecule has 0 bridgehead atoms. The molecule has 7 nitrogen and oxygen atoms in total. The minimum atomic E-state index is -4.65. The Hall–Kier alpha value is -1.37. The largest absolute Gasteiger partial charge is 0.416 e. The van der Waals surface area contributed by atoms with E-state index in [0.717, 1.165) is 23.5 Å². The Morgan fingerprint density at radius 3 is 2.36 bits per heavy atom. The molecule has 1 aromatic rings. The second kappa shape index (κ2) is 6.11. The molecule has 1 aliphatic rings. The number of halogens is 5. The van der Waals surface area contributed by atoms with Crippen molar-refractivity contribution in [3.63, 3.8) is 0 Å². The predicted molar refractivity (Wildman–Crippen MR) is 89.9 cm³/mol. The van der Waals surface area contributed by atoms with Crippen molar-refractivity contribution in [2.45, 2.75) is 17.1 Å². The summed E-state index contributed by atoms with van der Waals surface area (Å²) < 4.78 is 60.1. The minimum Gasteiger partial charge on any atom is -0.368 e. The summed E-state index contributed by atoms with van der Waals surface area (Å²) >= 11 is 8.84. The molecule has 0 fully saturated rings. The van der Waals surface area contributed by atoms with Crippen LogP contribution in [0.1, 0.15) is 5.56 Å². The van der Waals surface area contributed by atoms with E-state index in [4.69, 9.17) is 23.1 Å².